The van der Waals surface area contributed by atoms with Crippen molar-refractivity contribution in [2.45, 2.75) is 24.7 Å². The van der Waals surface area contributed by atoms with Crippen molar-refractivity contribution in [1.82, 2.24) is 4.72 Å². The molecule has 124 valence electrons. The Balaban J connectivity index is 1.63. The molecule has 2 bridgehead atoms. The van der Waals surface area contributed by atoms with Crippen LogP contribution in [-0.4, -0.2) is 27.5 Å². The van der Waals surface area contributed by atoms with Crippen molar-refractivity contribution in [1.29, 1.82) is 0 Å². The highest BCUT2D eigenvalue weighted by atomic mass is 32.2. The average Bonchev–Trinajstić information content (AvgIpc) is 3.16. The highest BCUT2D eigenvalue weighted by Crippen LogP contribution is 2.43. The lowest BCUT2D eigenvalue weighted by Crippen LogP contribution is -2.31. The first-order chi connectivity index (χ1) is 11.0. The van der Waals surface area contributed by atoms with Gasteiger partial charge in [0.05, 0.1) is 17.1 Å². The smallest absolute Gasteiger partial charge is 0.338 e. The minimum absolute atomic E-state index is 0.171. The number of carbonyl (C=O) groups excluding carboxylic acids is 1. The molecule has 0 heterocycles. The van der Waals surface area contributed by atoms with Crippen LogP contribution in [0.25, 0.3) is 0 Å². The Morgan fingerprint density at radius 3 is 2.52 bits per heavy atom. The van der Waals surface area contributed by atoms with Crippen molar-refractivity contribution in [3.8, 4) is 0 Å². The van der Waals surface area contributed by atoms with Crippen molar-refractivity contribution < 1.29 is 17.9 Å². The van der Waals surface area contributed by atoms with E-state index in [0.29, 0.717) is 36.5 Å². The molecule has 2 aliphatic carbocycles. The first kappa shape index (κ1) is 16.2. The van der Waals surface area contributed by atoms with Crippen molar-refractivity contribution >= 4 is 16.0 Å². The monoisotopic (exact) mass is 335 g/mol. The fourth-order valence-corrected chi connectivity index (χ4v) is 4.51. The van der Waals surface area contributed by atoms with Gasteiger partial charge in [-0.1, -0.05) is 12.2 Å². The molecule has 0 spiro atoms. The predicted octanol–water partition coefficient (Wildman–Crippen LogP) is 2.35. The van der Waals surface area contributed by atoms with Crippen LogP contribution in [0.1, 0.15) is 30.1 Å². The van der Waals surface area contributed by atoms with Crippen LogP contribution in [0.4, 0.5) is 0 Å². The molecule has 0 aromatic heterocycles. The van der Waals surface area contributed by atoms with E-state index in [2.05, 4.69) is 16.9 Å². The third kappa shape index (κ3) is 3.48. The molecule has 2 aliphatic rings. The number of nitrogens with one attached hydrogen (secondary N) is 1. The summed E-state index contributed by atoms with van der Waals surface area (Å²) in [4.78, 5) is 11.8. The van der Waals surface area contributed by atoms with E-state index in [1.54, 1.807) is 6.92 Å². The zero-order valence-electron chi connectivity index (χ0n) is 13.1. The quantitative estimate of drug-likeness (QED) is 0.640. The summed E-state index contributed by atoms with van der Waals surface area (Å²) in [5, 5.41) is 0. The second-order valence-electron chi connectivity index (χ2n) is 6.14. The first-order valence-corrected chi connectivity index (χ1v) is 9.43. The second-order valence-corrected chi connectivity index (χ2v) is 7.90. The molecule has 5 nitrogen and oxygen atoms in total. The molecule has 0 radical (unpaired) electrons. The number of rotatable bonds is 6. The Labute approximate surface area is 136 Å². The molecule has 1 N–H and O–H groups in total. The number of carbonyl (C=O) groups is 1. The second kappa shape index (κ2) is 6.45. The van der Waals surface area contributed by atoms with Crippen LogP contribution in [-0.2, 0) is 14.8 Å². The Kier molecular flexibility index (Phi) is 4.55. The zero-order valence-corrected chi connectivity index (χ0v) is 13.9. The van der Waals surface area contributed by atoms with Crippen LogP contribution in [0.2, 0.25) is 0 Å². The van der Waals surface area contributed by atoms with Crippen LogP contribution in [0.15, 0.2) is 41.3 Å². The molecule has 23 heavy (non-hydrogen) atoms. The molecular formula is C17H21NO4S. The first-order valence-electron chi connectivity index (χ1n) is 7.95. The molecule has 1 fully saturated rings. The molecule has 0 aliphatic heterocycles. The van der Waals surface area contributed by atoms with Gasteiger partial charge in [-0.2, -0.15) is 0 Å². The molecule has 1 saturated carbocycles. The summed E-state index contributed by atoms with van der Waals surface area (Å²) in [7, 11) is -3.55. The SMILES string of the molecule is CCOC(=O)c1ccc(S(=O)(=O)NCC2CC3C=CC2C3)cc1. The van der Waals surface area contributed by atoms with Crippen LogP contribution in [0.5, 0.6) is 0 Å². The van der Waals surface area contributed by atoms with E-state index in [1.165, 1.54) is 24.3 Å². The van der Waals surface area contributed by atoms with Gasteiger partial charge >= 0.3 is 5.97 Å². The van der Waals surface area contributed by atoms with Gasteiger partial charge in [-0.05, 0) is 61.8 Å². The van der Waals surface area contributed by atoms with E-state index in [4.69, 9.17) is 4.74 Å². The highest BCUT2D eigenvalue weighted by molar-refractivity contribution is 7.89. The lowest BCUT2D eigenvalue weighted by atomic mass is 9.94. The Morgan fingerprint density at radius 2 is 1.96 bits per heavy atom. The fourth-order valence-electron chi connectivity index (χ4n) is 3.41. The van der Waals surface area contributed by atoms with Crippen molar-refractivity contribution in [3.63, 3.8) is 0 Å². The molecule has 1 aromatic carbocycles. The zero-order chi connectivity index (χ0) is 16.4. The van der Waals surface area contributed by atoms with Crippen LogP contribution >= 0.6 is 0 Å². The Bertz CT molecular complexity index is 709. The maximum Gasteiger partial charge on any atom is 0.338 e. The van der Waals surface area contributed by atoms with Crippen LogP contribution in [0, 0.1) is 17.8 Å². The maximum absolute atomic E-state index is 12.4. The fraction of sp³-hybridized carbons (Fsp3) is 0.471. The molecule has 0 amide bonds. The maximum atomic E-state index is 12.4. The van der Waals surface area contributed by atoms with E-state index >= 15 is 0 Å². The van der Waals surface area contributed by atoms with Crippen LogP contribution < -0.4 is 4.72 Å². The summed E-state index contributed by atoms with van der Waals surface area (Å²) in [5.41, 5.74) is 0.351. The summed E-state index contributed by atoms with van der Waals surface area (Å²) in [6, 6.07) is 5.84. The van der Waals surface area contributed by atoms with E-state index < -0.39 is 16.0 Å². The largest absolute Gasteiger partial charge is 0.462 e. The standard InChI is InChI=1S/C17H21NO4S/c1-2-22-17(19)13-5-7-16(8-6-13)23(20,21)18-11-15-10-12-3-4-14(15)9-12/h3-8,12,14-15,18H,2,9-11H2,1H3. The molecule has 0 saturated heterocycles. The third-order valence-corrected chi connectivity index (χ3v) is 6.07. The summed E-state index contributed by atoms with van der Waals surface area (Å²) in [6.07, 6.45) is 6.66. The summed E-state index contributed by atoms with van der Waals surface area (Å²) < 4.78 is 32.3. The Hall–Kier alpha value is -1.66. The van der Waals surface area contributed by atoms with Gasteiger partial charge in [0.2, 0.25) is 10.0 Å². The molecule has 6 heteroatoms. The van der Waals surface area contributed by atoms with E-state index in [1.807, 2.05) is 0 Å². The normalized spacial score (nSPS) is 25.7. The minimum atomic E-state index is -3.55. The number of hydrogen-bond donors (Lipinski definition) is 1. The number of benzene rings is 1. The molecule has 3 unspecified atom stereocenters. The summed E-state index contributed by atoms with van der Waals surface area (Å²) in [5.74, 6) is 1.07. The van der Waals surface area contributed by atoms with Gasteiger partial charge in [0, 0.05) is 6.54 Å². The van der Waals surface area contributed by atoms with Gasteiger partial charge in [0.1, 0.15) is 0 Å². The van der Waals surface area contributed by atoms with Gasteiger partial charge in [0.15, 0.2) is 0 Å². The molecule has 3 atom stereocenters. The van der Waals surface area contributed by atoms with Crippen LogP contribution in [0.3, 0.4) is 0 Å². The van der Waals surface area contributed by atoms with Crippen molar-refractivity contribution in [2.75, 3.05) is 13.2 Å². The summed E-state index contributed by atoms with van der Waals surface area (Å²) >= 11 is 0. The topological polar surface area (TPSA) is 72.5 Å². The number of sulfonamides is 1. The number of esters is 1. The lowest BCUT2D eigenvalue weighted by Gasteiger charge is -2.18. The minimum Gasteiger partial charge on any atom is -0.462 e. The van der Waals surface area contributed by atoms with E-state index in [9.17, 15) is 13.2 Å². The van der Waals surface area contributed by atoms with Gasteiger partial charge in [-0.15, -0.1) is 0 Å². The summed E-state index contributed by atoms with van der Waals surface area (Å²) in [6.45, 7) is 2.48. The Morgan fingerprint density at radius 1 is 1.22 bits per heavy atom. The van der Waals surface area contributed by atoms with Gasteiger partial charge in [0.25, 0.3) is 0 Å². The average molecular weight is 335 g/mol. The van der Waals surface area contributed by atoms with Crippen molar-refractivity contribution in [3.05, 3.63) is 42.0 Å². The third-order valence-electron chi connectivity index (χ3n) is 4.63. The van der Waals surface area contributed by atoms with Gasteiger partial charge in [-0.3, -0.25) is 0 Å². The predicted molar refractivity (Wildman–Crippen MR) is 86.4 cm³/mol. The van der Waals surface area contributed by atoms with E-state index in [0.717, 1.165) is 12.8 Å². The highest BCUT2D eigenvalue weighted by Gasteiger charge is 2.35. The van der Waals surface area contributed by atoms with Crippen molar-refractivity contribution in [2.24, 2.45) is 17.8 Å². The van der Waals surface area contributed by atoms with E-state index in [-0.39, 0.29) is 4.90 Å². The number of hydrogen-bond acceptors (Lipinski definition) is 4. The molecular weight excluding hydrogens is 314 g/mol. The van der Waals surface area contributed by atoms with Gasteiger partial charge < -0.3 is 4.74 Å². The number of allylic oxidation sites excluding steroid dienone is 2. The molecule has 3 rings (SSSR count). The van der Waals surface area contributed by atoms with Gasteiger partial charge in [-0.25, -0.2) is 17.9 Å². The number of fused-ring (bicyclic) bond motifs is 2. The number of ether oxygens (including phenoxy) is 1. The molecule has 1 aromatic rings. The lowest BCUT2D eigenvalue weighted by molar-refractivity contribution is 0.0526.